The van der Waals surface area contributed by atoms with E-state index in [9.17, 15) is 9.90 Å². The average Bonchev–Trinajstić information content (AvgIpc) is 2.70. The molecule has 0 spiro atoms. The Morgan fingerprint density at radius 2 is 2.28 bits per heavy atom. The van der Waals surface area contributed by atoms with Gasteiger partial charge >= 0.3 is 0 Å². The highest BCUT2D eigenvalue weighted by Crippen LogP contribution is 2.29. The molecular weight excluding hydrogens is 275 g/mol. The Kier molecular flexibility index (Phi) is 4.45. The predicted molar refractivity (Wildman–Crippen MR) is 72.2 cm³/mol. The lowest BCUT2D eigenvalue weighted by Gasteiger charge is -2.15. The van der Waals surface area contributed by atoms with Gasteiger partial charge in [-0.2, -0.15) is 0 Å². The van der Waals surface area contributed by atoms with Crippen molar-refractivity contribution in [3.63, 3.8) is 0 Å². The lowest BCUT2D eigenvalue weighted by molar-refractivity contribution is -0.117. The number of nitrogens with one attached hydrogen (secondary N) is 1. The van der Waals surface area contributed by atoms with Crippen LogP contribution in [0.3, 0.4) is 0 Å². The minimum Gasteiger partial charge on any atom is -0.392 e. The Balaban J connectivity index is 1.93. The van der Waals surface area contributed by atoms with Crippen LogP contribution in [0.4, 0.5) is 5.69 Å². The van der Waals surface area contributed by atoms with E-state index in [1.54, 1.807) is 18.2 Å². The maximum absolute atomic E-state index is 11.8. The number of aliphatic hydroxyl groups excluding tert-OH is 1. The number of amides is 1. The molecule has 1 atom stereocenters. The Morgan fingerprint density at radius 3 is 2.94 bits per heavy atom. The van der Waals surface area contributed by atoms with Gasteiger partial charge in [0.25, 0.3) is 0 Å². The van der Waals surface area contributed by atoms with E-state index in [4.69, 9.17) is 23.2 Å². The molecule has 1 aromatic rings. The lowest BCUT2D eigenvalue weighted by Crippen LogP contribution is -2.32. The van der Waals surface area contributed by atoms with Crippen molar-refractivity contribution in [1.82, 2.24) is 4.90 Å². The SMILES string of the molecule is O=C(CN1CC[C@H](O)C1)Nc1cccc(Cl)c1Cl. The number of nitrogens with zero attached hydrogens (tertiary/aromatic N) is 1. The molecule has 4 nitrogen and oxygen atoms in total. The molecule has 2 N–H and O–H groups in total. The zero-order valence-corrected chi connectivity index (χ0v) is 11.2. The monoisotopic (exact) mass is 288 g/mol. The predicted octanol–water partition coefficient (Wildman–Crippen LogP) is 2.00. The molecule has 0 unspecified atom stereocenters. The second kappa shape index (κ2) is 5.89. The molecule has 0 aromatic heterocycles. The normalized spacial score (nSPS) is 20.1. The van der Waals surface area contributed by atoms with Crippen LogP contribution in [0.1, 0.15) is 6.42 Å². The fourth-order valence-corrected chi connectivity index (χ4v) is 2.30. The molecule has 1 saturated heterocycles. The summed E-state index contributed by atoms with van der Waals surface area (Å²) in [7, 11) is 0. The molecule has 2 rings (SSSR count). The largest absolute Gasteiger partial charge is 0.392 e. The summed E-state index contributed by atoms with van der Waals surface area (Å²) >= 11 is 11.8. The number of halogens is 2. The van der Waals surface area contributed by atoms with E-state index in [0.717, 1.165) is 6.54 Å². The molecule has 6 heteroatoms. The van der Waals surface area contributed by atoms with Gasteiger partial charge in [0, 0.05) is 13.1 Å². The topological polar surface area (TPSA) is 52.6 Å². The highest BCUT2D eigenvalue weighted by molar-refractivity contribution is 6.43. The van der Waals surface area contributed by atoms with Crippen LogP contribution in [-0.4, -0.2) is 41.7 Å². The summed E-state index contributed by atoms with van der Waals surface area (Å²) < 4.78 is 0. The van der Waals surface area contributed by atoms with E-state index in [1.165, 1.54) is 0 Å². The summed E-state index contributed by atoms with van der Waals surface area (Å²) in [5.41, 5.74) is 0.508. The second-order valence-electron chi connectivity index (χ2n) is 4.33. The molecule has 0 bridgehead atoms. The fourth-order valence-electron chi connectivity index (χ4n) is 1.95. The summed E-state index contributed by atoms with van der Waals surface area (Å²) in [4.78, 5) is 13.7. The van der Waals surface area contributed by atoms with Crippen molar-refractivity contribution in [2.75, 3.05) is 25.0 Å². The molecule has 1 heterocycles. The van der Waals surface area contributed by atoms with Crippen molar-refractivity contribution >= 4 is 34.8 Å². The number of benzene rings is 1. The molecule has 1 aromatic carbocycles. The Hall–Kier alpha value is -0.810. The Morgan fingerprint density at radius 1 is 1.50 bits per heavy atom. The molecule has 98 valence electrons. The van der Waals surface area contributed by atoms with Crippen LogP contribution < -0.4 is 5.32 Å². The average molecular weight is 289 g/mol. The van der Waals surface area contributed by atoms with Crippen LogP contribution >= 0.6 is 23.2 Å². The van der Waals surface area contributed by atoms with E-state index >= 15 is 0 Å². The van der Waals surface area contributed by atoms with E-state index in [0.29, 0.717) is 28.7 Å². The number of likely N-dealkylation sites (tertiary alicyclic amines) is 1. The van der Waals surface area contributed by atoms with Gasteiger partial charge in [0.2, 0.25) is 5.91 Å². The number of carbonyl (C=O) groups is 1. The summed E-state index contributed by atoms with van der Waals surface area (Å²) in [5, 5.41) is 12.8. The highest BCUT2D eigenvalue weighted by atomic mass is 35.5. The standard InChI is InChI=1S/C12H14Cl2N2O2/c13-9-2-1-3-10(12(9)14)15-11(18)7-16-5-4-8(17)6-16/h1-3,8,17H,4-7H2,(H,15,18)/t8-/m0/s1. The summed E-state index contributed by atoms with van der Waals surface area (Å²) in [6, 6.07) is 5.09. The van der Waals surface area contributed by atoms with Gasteiger partial charge in [0.05, 0.1) is 28.4 Å². The van der Waals surface area contributed by atoms with Gasteiger partial charge < -0.3 is 10.4 Å². The molecule has 1 aliphatic rings. The van der Waals surface area contributed by atoms with Gasteiger partial charge in [-0.15, -0.1) is 0 Å². The Bertz CT molecular complexity index is 454. The molecule has 1 aliphatic heterocycles. The summed E-state index contributed by atoms with van der Waals surface area (Å²) in [6.45, 7) is 1.52. The zero-order valence-electron chi connectivity index (χ0n) is 9.70. The van der Waals surface area contributed by atoms with Gasteiger partial charge in [-0.25, -0.2) is 0 Å². The van der Waals surface area contributed by atoms with Gasteiger partial charge in [0.1, 0.15) is 0 Å². The van der Waals surface area contributed by atoms with Gasteiger partial charge in [-0.05, 0) is 18.6 Å². The number of β-amino-alcohol motifs (C(OH)–C–C–N with tert-alkyl or cyclic N) is 1. The van der Waals surface area contributed by atoms with Crippen LogP contribution in [0.15, 0.2) is 18.2 Å². The van der Waals surface area contributed by atoms with Gasteiger partial charge in [-0.1, -0.05) is 29.3 Å². The fraction of sp³-hybridized carbons (Fsp3) is 0.417. The minimum absolute atomic E-state index is 0.159. The molecule has 0 aliphatic carbocycles. The van der Waals surface area contributed by atoms with Crippen molar-refractivity contribution in [1.29, 1.82) is 0 Å². The first-order chi connectivity index (χ1) is 8.56. The van der Waals surface area contributed by atoms with Crippen LogP contribution in [0.5, 0.6) is 0 Å². The third-order valence-electron chi connectivity index (χ3n) is 2.84. The highest BCUT2D eigenvalue weighted by Gasteiger charge is 2.22. The Labute approximate surface area is 115 Å². The summed E-state index contributed by atoms with van der Waals surface area (Å²) in [6.07, 6.45) is 0.387. The van der Waals surface area contributed by atoms with Crippen molar-refractivity contribution in [3.8, 4) is 0 Å². The van der Waals surface area contributed by atoms with Crippen molar-refractivity contribution in [2.45, 2.75) is 12.5 Å². The third-order valence-corrected chi connectivity index (χ3v) is 3.66. The minimum atomic E-state index is -0.326. The van der Waals surface area contributed by atoms with E-state index in [2.05, 4.69) is 5.32 Å². The molecule has 0 saturated carbocycles. The second-order valence-corrected chi connectivity index (χ2v) is 5.11. The van der Waals surface area contributed by atoms with E-state index in [-0.39, 0.29) is 18.6 Å². The smallest absolute Gasteiger partial charge is 0.238 e. The number of aliphatic hydroxyl groups is 1. The molecule has 1 fully saturated rings. The van der Waals surface area contributed by atoms with Crippen LogP contribution in [0, 0.1) is 0 Å². The van der Waals surface area contributed by atoms with Gasteiger partial charge in [-0.3, -0.25) is 9.69 Å². The van der Waals surface area contributed by atoms with E-state index < -0.39 is 0 Å². The van der Waals surface area contributed by atoms with Crippen molar-refractivity contribution in [3.05, 3.63) is 28.2 Å². The quantitative estimate of drug-likeness (QED) is 0.895. The number of anilines is 1. The molecule has 18 heavy (non-hydrogen) atoms. The van der Waals surface area contributed by atoms with Crippen LogP contribution in [0.25, 0.3) is 0 Å². The summed E-state index contributed by atoms with van der Waals surface area (Å²) in [5.74, 6) is -0.159. The zero-order chi connectivity index (χ0) is 13.1. The first-order valence-electron chi connectivity index (χ1n) is 5.70. The van der Waals surface area contributed by atoms with Crippen LogP contribution in [0.2, 0.25) is 10.0 Å². The van der Waals surface area contributed by atoms with Crippen molar-refractivity contribution < 1.29 is 9.90 Å². The molecule has 1 amide bonds. The molecule has 0 radical (unpaired) electrons. The molecular formula is C12H14Cl2N2O2. The number of carbonyl (C=O) groups excluding carboxylic acids is 1. The number of hydrogen-bond donors (Lipinski definition) is 2. The maximum atomic E-state index is 11.8. The number of rotatable bonds is 3. The first kappa shape index (κ1) is 13.6. The van der Waals surface area contributed by atoms with Crippen LogP contribution in [-0.2, 0) is 4.79 Å². The maximum Gasteiger partial charge on any atom is 0.238 e. The first-order valence-corrected chi connectivity index (χ1v) is 6.46. The van der Waals surface area contributed by atoms with Crippen molar-refractivity contribution in [2.24, 2.45) is 0 Å². The van der Waals surface area contributed by atoms with Gasteiger partial charge in [0.15, 0.2) is 0 Å². The lowest BCUT2D eigenvalue weighted by atomic mass is 10.3. The van der Waals surface area contributed by atoms with E-state index in [1.807, 2.05) is 4.90 Å². The third kappa shape index (κ3) is 3.36. The number of hydrogen-bond acceptors (Lipinski definition) is 3.